The summed E-state index contributed by atoms with van der Waals surface area (Å²) < 4.78 is 21.5. The van der Waals surface area contributed by atoms with E-state index in [9.17, 15) is 14.4 Å². The van der Waals surface area contributed by atoms with Gasteiger partial charge in [0.2, 0.25) is 0 Å². The fourth-order valence-corrected chi connectivity index (χ4v) is 4.69. The minimum Gasteiger partial charge on any atom is -0.462 e. The average Bonchev–Trinajstić information content (AvgIpc) is 2.91. The zero-order valence-electron chi connectivity index (χ0n) is 25.9. The van der Waals surface area contributed by atoms with Gasteiger partial charge in [-0.25, -0.2) is 14.4 Å². The van der Waals surface area contributed by atoms with Crippen LogP contribution in [0.2, 0.25) is 0 Å². The van der Waals surface area contributed by atoms with Crippen LogP contribution in [0.4, 0.5) is 0 Å². The van der Waals surface area contributed by atoms with Crippen LogP contribution in [-0.2, 0) is 33.3 Å². The summed E-state index contributed by atoms with van der Waals surface area (Å²) in [5, 5.41) is 0. The van der Waals surface area contributed by atoms with Crippen LogP contribution >= 0.6 is 0 Å². The molecule has 0 aromatic rings. The third-order valence-electron chi connectivity index (χ3n) is 7.00. The molecule has 0 radical (unpaired) electrons. The summed E-state index contributed by atoms with van der Waals surface area (Å²) in [6.45, 7) is 20.5. The van der Waals surface area contributed by atoms with Crippen molar-refractivity contribution >= 4 is 17.9 Å². The molecule has 0 aromatic carbocycles. The molecule has 0 amide bonds. The normalized spacial score (nSPS) is 11.1. The van der Waals surface area contributed by atoms with Crippen molar-refractivity contribution in [2.45, 2.75) is 118 Å². The van der Waals surface area contributed by atoms with Crippen LogP contribution in [0.25, 0.3) is 0 Å². The Balaban J connectivity index is 5.12. The van der Waals surface area contributed by atoms with Gasteiger partial charge in [0, 0.05) is 29.9 Å². The molecular formula is C33H56O7. The Hall–Kier alpha value is -2.41. The summed E-state index contributed by atoms with van der Waals surface area (Å²) in [7, 11) is 0. The van der Waals surface area contributed by atoms with Gasteiger partial charge in [-0.1, -0.05) is 58.3 Å². The lowest BCUT2D eigenvalue weighted by molar-refractivity contribution is -0.139. The van der Waals surface area contributed by atoms with Gasteiger partial charge in [0.25, 0.3) is 0 Å². The van der Waals surface area contributed by atoms with Crippen molar-refractivity contribution in [2.24, 2.45) is 5.41 Å². The molecule has 7 heteroatoms. The Morgan fingerprint density at radius 1 is 0.500 bits per heavy atom. The molecule has 0 N–H and O–H groups in total. The van der Waals surface area contributed by atoms with Crippen molar-refractivity contribution in [3.63, 3.8) is 0 Å². The number of ether oxygens (including phenoxy) is 4. The maximum atomic E-state index is 11.9. The molecule has 0 unspecified atom stereocenters. The van der Waals surface area contributed by atoms with E-state index in [4.69, 9.17) is 18.9 Å². The molecule has 0 atom stereocenters. The first-order valence-corrected chi connectivity index (χ1v) is 15.1. The van der Waals surface area contributed by atoms with Gasteiger partial charge in [-0.3, -0.25) is 0 Å². The molecule has 0 saturated heterocycles. The standard InChI is InChI=1S/C33H56O7/c1-8-37-23-15-13-11-9-10-12-14-19-33(20-16-24-38-30(34)27(2)3,21-17-25-39-31(35)28(4)5)22-18-26-40-32(36)29(6)7/h2,4,6,8-26H2,1,3,5,7H3. The van der Waals surface area contributed by atoms with Crippen LogP contribution in [0, 0.1) is 5.41 Å². The number of esters is 3. The maximum Gasteiger partial charge on any atom is 0.333 e. The molecule has 7 nitrogen and oxygen atoms in total. The van der Waals surface area contributed by atoms with Gasteiger partial charge in [-0.2, -0.15) is 0 Å². The number of rotatable bonds is 26. The van der Waals surface area contributed by atoms with Gasteiger partial charge in [0.1, 0.15) is 0 Å². The van der Waals surface area contributed by atoms with Crippen molar-refractivity contribution in [3.8, 4) is 0 Å². The van der Waals surface area contributed by atoms with Crippen molar-refractivity contribution in [1.29, 1.82) is 0 Å². The number of unbranched alkanes of at least 4 members (excludes halogenated alkanes) is 6. The Morgan fingerprint density at radius 2 is 0.825 bits per heavy atom. The maximum absolute atomic E-state index is 11.9. The Kier molecular flexibility index (Phi) is 21.9. The molecule has 0 bridgehead atoms. The second kappa shape index (κ2) is 23.3. The Labute approximate surface area is 243 Å². The van der Waals surface area contributed by atoms with Crippen LogP contribution < -0.4 is 0 Å². The van der Waals surface area contributed by atoms with E-state index in [1.807, 2.05) is 6.92 Å². The molecule has 0 aliphatic carbocycles. The molecule has 40 heavy (non-hydrogen) atoms. The molecule has 0 aromatic heterocycles. The first kappa shape index (κ1) is 37.6. The van der Waals surface area contributed by atoms with E-state index >= 15 is 0 Å². The minimum atomic E-state index is -0.370. The highest BCUT2D eigenvalue weighted by atomic mass is 16.5. The zero-order chi connectivity index (χ0) is 30.2. The second-order valence-electron chi connectivity index (χ2n) is 11.0. The zero-order valence-corrected chi connectivity index (χ0v) is 25.9. The van der Waals surface area contributed by atoms with Crippen LogP contribution in [0.15, 0.2) is 36.5 Å². The lowest BCUT2D eigenvalue weighted by Crippen LogP contribution is -2.24. The topological polar surface area (TPSA) is 88.1 Å². The van der Waals surface area contributed by atoms with Crippen molar-refractivity contribution < 1.29 is 33.3 Å². The Morgan fingerprint density at radius 3 is 1.18 bits per heavy atom. The molecule has 0 spiro atoms. The molecular weight excluding hydrogens is 508 g/mol. The average molecular weight is 565 g/mol. The highest BCUT2D eigenvalue weighted by Gasteiger charge is 2.29. The van der Waals surface area contributed by atoms with E-state index in [1.165, 1.54) is 25.7 Å². The SMILES string of the molecule is C=C(C)C(=O)OCCCC(CCCCCCCCCOCC)(CCCOC(=O)C(=C)C)CCCOC(=O)C(=C)C. The first-order valence-electron chi connectivity index (χ1n) is 15.1. The Bertz CT molecular complexity index is 700. The number of hydrogen-bond donors (Lipinski definition) is 0. The van der Waals surface area contributed by atoms with E-state index < -0.39 is 0 Å². The van der Waals surface area contributed by atoms with Crippen molar-refractivity contribution in [2.75, 3.05) is 33.0 Å². The lowest BCUT2D eigenvalue weighted by atomic mass is 9.71. The van der Waals surface area contributed by atoms with Gasteiger partial charge in [0.05, 0.1) is 19.8 Å². The van der Waals surface area contributed by atoms with Crippen LogP contribution in [0.3, 0.4) is 0 Å². The predicted octanol–water partition coefficient (Wildman–Crippen LogP) is 7.83. The second-order valence-corrected chi connectivity index (χ2v) is 11.0. The number of carbonyl (C=O) groups is 3. The van der Waals surface area contributed by atoms with Crippen molar-refractivity contribution in [1.82, 2.24) is 0 Å². The minimum absolute atomic E-state index is 0.0294. The lowest BCUT2D eigenvalue weighted by Gasteiger charge is -2.35. The molecule has 0 saturated carbocycles. The van der Waals surface area contributed by atoms with Crippen LogP contribution in [0.5, 0.6) is 0 Å². The van der Waals surface area contributed by atoms with Gasteiger partial charge in [0.15, 0.2) is 0 Å². The van der Waals surface area contributed by atoms with Crippen LogP contribution in [0.1, 0.15) is 118 Å². The third-order valence-corrected chi connectivity index (χ3v) is 7.00. The summed E-state index contributed by atoms with van der Waals surface area (Å²) in [5.74, 6) is -1.11. The number of carbonyl (C=O) groups excluding carboxylic acids is 3. The summed E-state index contributed by atoms with van der Waals surface area (Å²) >= 11 is 0. The molecule has 0 heterocycles. The van der Waals surface area contributed by atoms with Crippen LogP contribution in [-0.4, -0.2) is 50.9 Å². The molecule has 0 aliphatic rings. The fraction of sp³-hybridized carbons (Fsp3) is 0.727. The van der Waals surface area contributed by atoms with E-state index in [1.54, 1.807) is 20.8 Å². The third kappa shape index (κ3) is 19.6. The summed E-state index contributed by atoms with van der Waals surface area (Å²) in [5.41, 5.74) is 1.15. The highest BCUT2D eigenvalue weighted by molar-refractivity contribution is 5.87. The fourth-order valence-electron chi connectivity index (χ4n) is 4.69. The predicted molar refractivity (Wildman–Crippen MR) is 161 cm³/mol. The molecule has 0 rings (SSSR count). The van der Waals surface area contributed by atoms with Gasteiger partial charge < -0.3 is 18.9 Å². The summed E-state index contributed by atoms with van der Waals surface area (Å²) in [4.78, 5) is 35.6. The van der Waals surface area contributed by atoms with Gasteiger partial charge in [-0.05, 0) is 84.5 Å². The van der Waals surface area contributed by atoms with E-state index in [0.717, 1.165) is 77.4 Å². The molecule has 0 fully saturated rings. The highest BCUT2D eigenvalue weighted by Crippen LogP contribution is 2.40. The number of hydrogen-bond acceptors (Lipinski definition) is 7. The van der Waals surface area contributed by atoms with E-state index in [2.05, 4.69) is 19.7 Å². The monoisotopic (exact) mass is 564 g/mol. The first-order chi connectivity index (χ1) is 19.0. The smallest absolute Gasteiger partial charge is 0.333 e. The van der Waals surface area contributed by atoms with Gasteiger partial charge in [-0.15, -0.1) is 0 Å². The largest absolute Gasteiger partial charge is 0.462 e. The van der Waals surface area contributed by atoms with Gasteiger partial charge >= 0.3 is 17.9 Å². The summed E-state index contributed by atoms with van der Waals surface area (Å²) in [6, 6.07) is 0. The van der Waals surface area contributed by atoms with Crippen molar-refractivity contribution in [3.05, 3.63) is 36.5 Å². The molecule has 230 valence electrons. The van der Waals surface area contributed by atoms with E-state index in [-0.39, 0.29) is 23.3 Å². The summed E-state index contributed by atoms with van der Waals surface area (Å²) in [6.07, 6.45) is 14.1. The van der Waals surface area contributed by atoms with E-state index in [0.29, 0.717) is 36.5 Å². The quantitative estimate of drug-likeness (QED) is 0.0458. The molecule has 0 aliphatic heterocycles.